The average molecular weight is 580 g/mol. The highest BCUT2D eigenvalue weighted by atomic mass is 35.5. The Morgan fingerprint density at radius 1 is 1.15 bits per heavy atom. The first-order chi connectivity index (χ1) is 19.7. The first kappa shape index (κ1) is 27.8. The van der Waals surface area contributed by atoms with Gasteiger partial charge < -0.3 is 26.0 Å². The lowest BCUT2D eigenvalue weighted by molar-refractivity contribution is -0.119. The molecule has 1 saturated heterocycles. The van der Waals surface area contributed by atoms with Gasteiger partial charge >= 0.3 is 6.09 Å². The van der Waals surface area contributed by atoms with Crippen molar-refractivity contribution in [3.8, 4) is 0 Å². The fraction of sp³-hybridized carbons (Fsp3) is 0.533. The molecule has 0 radical (unpaired) electrons. The molecule has 2 amide bonds. The van der Waals surface area contributed by atoms with Crippen LogP contribution in [0.15, 0.2) is 36.5 Å². The van der Waals surface area contributed by atoms with E-state index in [-0.39, 0.29) is 35.3 Å². The lowest BCUT2D eigenvalue weighted by Crippen LogP contribution is -2.41. The largest absolute Gasteiger partial charge is 0.444 e. The zero-order chi connectivity index (χ0) is 28.7. The van der Waals surface area contributed by atoms with Gasteiger partial charge in [0.15, 0.2) is 5.82 Å². The molecule has 2 aromatic rings. The second-order valence-corrected chi connectivity index (χ2v) is 12.7. The number of nitrogens with one attached hydrogen (secondary N) is 2. The van der Waals surface area contributed by atoms with Crippen molar-refractivity contribution >= 4 is 46.7 Å². The number of rotatable bonds is 7. The van der Waals surface area contributed by atoms with E-state index in [1.165, 1.54) is 5.56 Å². The summed E-state index contributed by atoms with van der Waals surface area (Å²) in [6.07, 6.45) is 9.71. The number of nitrogens with two attached hydrogens (primary N) is 1. The number of carbonyl (C=O) groups is 2. The Morgan fingerprint density at radius 2 is 1.93 bits per heavy atom. The summed E-state index contributed by atoms with van der Waals surface area (Å²) in [5.41, 5.74) is 8.18. The number of halogens is 1. The van der Waals surface area contributed by atoms with Crippen molar-refractivity contribution in [3.05, 3.63) is 47.1 Å². The third-order valence-corrected chi connectivity index (χ3v) is 9.28. The Labute approximate surface area is 245 Å². The number of fused-ring (bicyclic) bond motifs is 3. The summed E-state index contributed by atoms with van der Waals surface area (Å²) >= 11 is 6.49. The highest BCUT2D eigenvalue weighted by Gasteiger charge is 2.47. The number of aromatic nitrogens is 2. The summed E-state index contributed by atoms with van der Waals surface area (Å²) in [5, 5.41) is 7.06. The predicted molar refractivity (Wildman–Crippen MR) is 160 cm³/mol. The summed E-state index contributed by atoms with van der Waals surface area (Å²) in [5.74, 6) is 1.26. The van der Waals surface area contributed by atoms with Gasteiger partial charge in [0.2, 0.25) is 11.9 Å². The first-order valence-electron chi connectivity index (χ1n) is 14.6. The Hall–Kier alpha value is -3.37. The molecule has 2 aliphatic carbocycles. The smallest absolute Gasteiger partial charge is 0.404 e. The first-order valence-corrected chi connectivity index (χ1v) is 14.9. The predicted octanol–water partition coefficient (Wildman–Crippen LogP) is 4.82. The average Bonchev–Trinajstić information content (AvgIpc) is 3.66. The summed E-state index contributed by atoms with van der Waals surface area (Å²) < 4.78 is 5.43. The molecule has 2 aliphatic heterocycles. The number of primary amides is 1. The van der Waals surface area contributed by atoms with Gasteiger partial charge in [-0.15, -0.1) is 0 Å². The van der Waals surface area contributed by atoms with Gasteiger partial charge in [0.1, 0.15) is 11.1 Å². The van der Waals surface area contributed by atoms with Crippen molar-refractivity contribution in [2.24, 2.45) is 17.6 Å². The fourth-order valence-corrected chi connectivity index (χ4v) is 7.04. The quantitative estimate of drug-likeness (QED) is 0.399. The number of nitrogens with zero attached hydrogens (tertiary/aromatic N) is 4. The van der Waals surface area contributed by atoms with E-state index in [4.69, 9.17) is 22.1 Å². The van der Waals surface area contributed by atoms with E-state index in [0.717, 1.165) is 56.6 Å². The topological polar surface area (TPSA) is 126 Å². The molecular formula is C30H38ClN7O3. The van der Waals surface area contributed by atoms with Crippen LogP contribution < -0.4 is 21.3 Å². The van der Waals surface area contributed by atoms with Gasteiger partial charge in [-0.1, -0.05) is 43.7 Å². The van der Waals surface area contributed by atoms with Crippen LogP contribution in [0.5, 0.6) is 0 Å². The molecule has 3 heterocycles. The maximum absolute atomic E-state index is 13.5. The SMILES string of the molecule is CC1(C)CCCN(C(=O)CN2CCCC2)c2cc(Nc3ncc(Cl)c(N[C@H]4[C@@H](OC(N)=O)[C@@H]5C=C[C@H]4C5)n3)ccc21. The third-order valence-electron chi connectivity index (χ3n) is 9.00. The zero-order valence-corrected chi connectivity index (χ0v) is 24.4. The van der Waals surface area contributed by atoms with Gasteiger partial charge in [-0.2, -0.15) is 4.98 Å². The van der Waals surface area contributed by atoms with E-state index in [0.29, 0.717) is 29.9 Å². The van der Waals surface area contributed by atoms with E-state index in [1.807, 2.05) is 17.0 Å². The van der Waals surface area contributed by atoms with E-state index >= 15 is 0 Å². The van der Waals surface area contributed by atoms with E-state index in [9.17, 15) is 9.59 Å². The maximum Gasteiger partial charge on any atom is 0.404 e. The summed E-state index contributed by atoms with van der Waals surface area (Å²) in [7, 11) is 0. The van der Waals surface area contributed by atoms with Crippen molar-refractivity contribution < 1.29 is 14.3 Å². The molecule has 1 aromatic carbocycles. The Morgan fingerprint density at radius 3 is 2.71 bits per heavy atom. The minimum atomic E-state index is -0.793. The van der Waals surface area contributed by atoms with Crippen LogP contribution >= 0.6 is 11.6 Å². The van der Waals surface area contributed by atoms with Crippen LogP contribution in [-0.2, 0) is 14.9 Å². The monoisotopic (exact) mass is 579 g/mol. The van der Waals surface area contributed by atoms with Gasteiger partial charge in [0, 0.05) is 29.8 Å². The van der Waals surface area contributed by atoms with Gasteiger partial charge in [0.25, 0.3) is 0 Å². The lowest BCUT2D eigenvalue weighted by Gasteiger charge is -2.29. The Kier molecular flexibility index (Phi) is 7.54. The molecule has 6 rings (SSSR count). The van der Waals surface area contributed by atoms with Crippen LogP contribution in [-0.4, -0.2) is 65.2 Å². The van der Waals surface area contributed by atoms with Gasteiger partial charge in [-0.3, -0.25) is 9.69 Å². The molecule has 2 fully saturated rings. The number of amides is 2. The molecule has 4 aliphatic rings. The molecule has 41 heavy (non-hydrogen) atoms. The standard InChI is InChI=1S/C30H38ClN7O3/c1-30(2)10-5-13-38(24(39)17-37-11-3-4-12-37)23-15-20(8-9-21(23)30)34-29-33-16-22(31)27(36-29)35-25-18-6-7-19(14-18)26(25)41-28(32)40/h6-9,15-16,18-19,25-26H,3-5,10-14,17H2,1-2H3,(H2,32,40)(H2,33,34,35,36)/t18-,19+,25+,26-/m0/s1. The van der Waals surface area contributed by atoms with Crippen molar-refractivity contribution in [2.75, 3.05) is 41.7 Å². The number of benzene rings is 1. The van der Waals surface area contributed by atoms with Crippen LogP contribution in [0.4, 0.5) is 27.9 Å². The number of hydrogen-bond acceptors (Lipinski definition) is 8. The van der Waals surface area contributed by atoms with Crippen molar-refractivity contribution in [1.82, 2.24) is 14.9 Å². The molecule has 1 aromatic heterocycles. The van der Waals surface area contributed by atoms with Crippen LogP contribution in [0, 0.1) is 11.8 Å². The lowest BCUT2D eigenvalue weighted by atomic mass is 9.80. The molecule has 218 valence electrons. The van der Waals surface area contributed by atoms with Crippen molar-refractivity contribution in [3.63, 3.8) is 0 Å². The molecule has 11 heteroatoms. The maximum atomic E-state index is 13.5. The minimum absolute atomic E-state index is 0.0525. The van der Waals surface area contributed by atoms with E-state index in [1.54, 1.807) is 6.20 Å². The number of ether oxygens (including phenoxy) is 1. The Bertz CT molecular complexity index is 1360. The van der Waals surface area contributed by atoms with E-state index in [2.05, 4.69) is 57.6 Å². The summed E-state index contributed by atoms with van der Waals surface area (Å²) in [4.78, 5) is 38.3. The second kappa shape index (κ2) is 11.1. The van der Waals surface area contributed by atoms with E-state index < -0.39 is 6.09 Å². The molecular weight excluding hydrogens is 542 g/mol. The number of carbonyl (C=O) groups excluding carboxylic acids is 2. The van der Waals surface area contributed by atoms with Gasteiger partial charge in [-0.05, 0) is 68.3 Å². The number of hydrogen-bond donors (Lipinski definition) is 3. The van der Waals surface area contributed by atoms with Crippen molar-refractivity contribution in [2.45, 2.75) is 63.5 Å². The molecule has 1 saturated carbocycles. The molecule has 2 bridgehead atoms. The van der Waals surface area contributed by atoms with Crippen LogP contribution in [0.1, 0.15) is 51.5 Å². The van der Waals surface area contributed by atoms with Crippen LogP contribution in [0.3, 0.4) is 0 Å². The highest BCUT2D eigenvalue weighted by molar-refractivity contribution is 6.32. The molecule has 4 atom stereocenters. The zero-order valence-electron chi connectivity index (χ0n) is 23.6. The molecule has 0 spiro atoms. The Balaban J connectivity index is 1.24. The number of likely N-dealkylation sites (tertiary alicyclic amines) is 1. The second-order valence-electron chi connectivity index (χ2n) is 12.3. The molecule has 0 unspecified atom stereocenters. The highest BCUT2D eigenvalue weighted by Crippen LogP contribution is 2.43. The van der Waals surface area contributed by atoms with Crippen LogP contribution in [0.2, 0.25) is 5.02 Å². The number of anilines is 4. The third kappa shape index (κ3) is 5.72. The summed E-state index contributed by atoms with van der Waals surface area (Å²) in [6, 6.07) is 5.97. The minimum Gasteiger partial charge on any atom is -0.444 e. The summed E-state index contributed by atoms with van der Waals surface area (Å²) in [6.45, 7) is 7.60. The van der Waals surface area contributed by atoms with Crippen LogP contribution in [0.25, 0.3) is 0 Å². The molecule has 10 nitrogen and oxygen atoms in total. The molecule has 4 N–H and O–H groups in total. The van der Waals surface area contributed by atoms with Gasteiger partial charge in [0.05, 0.1) is 18.8 Å². The normalized spacial score (nSPS) is 26.5. The van der Waals surface area contributed by atoms with Crippen molar-refractivity contribution in [1.29, 1.82) is 0 Å². The fourth-order valence-electron chi connectivity index (χ4n) is 6.89. The van der Waals surface area contributed by atoms with Gasteiger partial charge in [-0.25, -0.2) is 9.78 Å².